The highest BCUT2D eigenvalue weighted by Crippen LogP contribution is 2.33. The molecule has 1 aromatic carbocycles. The SMILES string of the molecule is CC(C)[C@H](c1ccccc1Cl)N(C)C(=O)c1ccc(CN)o1. The number of furan rings is 1. The van der Waals surface area contributed by atoms with Crippen LogP contribution in [-0.2, 0) is 6.54 Å². The molecular formula is C17H21ClN2O2. The summed E-state index contributed by atoms with van der Waals surface area (Å²) in [6.07, 6.45) is 0. The number of amides is 1. The second-order valence-electron chi connectivity index (χ2n) is 5.60. The van der Waals surface area contributed by atoms with E-state index in [9.17, 15) is 4.79 Å². The van der Waals surface area contributed by atoms with E-state index in [-0.39, 0.29) is 24.4 Å². The lowest BCUT2D eigenvalue weighted by Gasteiger charge is -2.31. The second kappa shape index (κ2) is 6.99. The number of carbonyl (C=O) groups is 1. The van der Waals surface area contributed by atoms with Crippen LogP contribution in [0.3, 0.4) is 0 Å². The van der Waals surface area contributed by atoms with Gasteiger partial charge in [0.25, 0.3) is 5.91 Å². The van der Waals surface area contributed by atoms with E-state index in [1.807, 2.05) is 24.3 Å². The summed E-state index contributed by atoms with van der Waals surface area (Å²) in [6, 6.07) is 10.8. The molecule has 1 atom stereocenters. The van der Waals surface area contributed by atoms with E-state index in [0.717, 1.165) is 5.56 Å². The summed E-state index contributed by atoms with van der Waals surface area (Å²) in [5, 5.41) is 0.656. The van der Waals surface area contributed by atoms with Gasteiger partial charge in [-0.15, -0.1) is 0 Å². The maximum atomic E-state index is 12.7. The number of hydrogen-bond acceptors (Lipinski definition) is 3. The fourth-order valence-corrected chi connectivity index (χ4v) is 2.88. The van der Waals surface area contributed by atoms with Crippen molar-refractivity contribution in [3.63, 3.8) is 0 Å². The summed E-state index contributed by atoms with van der Waals surface area (Å²) in [4.78, 5) is 14.3. The van der Waals surface area contributed by atoms with E-state index in [1.165, 1.54) is 0 Å². The summed E-state index contributed by atoms with van der Waals surface area (Å²) in [5.74, 6) is 0.910. The molecule has 0 saturated heterocycles. The van der Waals surface area contributed by atoms with Crippen LogP contribution >= 0.6 is 11.6 Å². The number of benzene rings is 1. The standard InChI is InChI=1S/C17H21ClN2O2/c1-11(2)16(13-6-4-5-7-14(13)18)20(3)17(21)15-9-8-12(10-19)22-15/h4-9,11,16H,10,19H2,1-3H3/t16-/m1/s1. The van der Waals surface area contributed by atoms with Crippen LogP contribution in [0.15, 0.2) is 40.8 Å². The minimum Gasteiger partial charge on any atom is -0.455 e. The van der Waals surface area contributed by atoms with E-state index < -0.39 is 0 Å². The van der Waals surface area contributed by atoms with Crippen molar-refractivity contribution in [2.24, 2.45) is 11.7 Å². The van der Waals surface area contributed by atoms with Crippen molar-refractivity contribution in [3.8, 4) is 0 Å². The van der Waals surface area contributed by atoms with Crippen LogP contribution < -0.4 is 5.73 Å². The minimum atomic E-state index is -0.182. The predicted molar refractivity (Wildman–Crippen MR) is 87.7 cm³/mol. The Labute approximate surface area is 135 Å². The van der Waals surface area contributed by atoms with E-state index >= 15 is 0 Å². The summed E-state index contributed by atoms with van der Waals surface area (Å²) in [7, 11) is 1.76. The first-order valence-corrected chi connectivity index (χ1v) is 7.63. The molecule has 2 rings (SSSR count). The molecule has 0 saturated carbocycles. The van der Waals surface area contributed by atoms with Crippen LogP contribution in [0, 0.1) is 5.92 Å². The summed E-state index contributed by atoms with van der Waals surface area (Å²) in [5.41, 5.74) is 6.45. The van der Waals surface area contributed by atoms with Gasteiger partial charge in [0, 0.05) is 12.1 Å². The Hall–Kier alpha value is -1.78. The smallest absolute Gasteiger partial charge is 0.289 e. The van der Waals surface area contributed by atoms with Gasteiger partial charge < -0.3 is 15.1 Å². The monoisotopic (exact) mass is 320 g/mol. The Morgan fingerprint density at radius 3 is 2.50 bits per heavy atom. The largest absolute Gasteiger partial charge is 0.455 e. The average molecular weight is 321 g/mol. The van der Waals surface area contributed by atoms with Crippen LogP contribution in [0.5, 0.6) is 0 Å². The number of halogens is 1. The first kappa shape index (κ1) is 16.6. The molecule has 1 aromatic heterocycles. The van der Waals surface area contributed by atoms with Crippen molar-refractivity contribution >= 4 is 17.5 Å². The van der Waals surface area contributed by atoms with E-state index in [2.05, 4.69) is 13.8 Å². The third-order valence-corrected chi connectivity index (χ3v) is 4.01. The number of carbonyl (C=O) groups excluding carboxylic acids is 1. The molecule has 0 bridgehead atoms. The number of rotatable bonds is 5. The molecular weight excluding hydrogens is 300 g/mol. The molecule has 2 N–H and O–H groups in total. The summed E-state index contributed by atoms with van der Waals surface area (Å²) >= 11 is 6.31. The Balaban J connectivity index is 2.32. The molecule has 0 aliphatic carbocycles. The summed E-state index contributed by atoms with van der Waals surface area (Å²) < 4.78 is 5.46. The van der Waals surface area contributed by atoms with Gasteiger partial charge in [-0.2, -0.15) is 0 Å². The number of nitrogens with two attached hydrogens (primary N) is 1. The topological polar surface area (TPSA) is 59.5 Å². The number of hydrogen-bond donors (Lipinski definition) is 1. The van der Waals surface area contributed by atoms with Gasteiger partial charge in [0.1, 0.15) is 5.76 Å². The highest BCUT2D eigenvalue weighted by molar-refractivity contribution is 6.31. The van der Waals surface area contributed by atoms with Crippen molar-refractivity contribution in [1.82, 2.24) is 4.90 Å². The van der Waals surface area contributed by atoms with Crippen molar-refractivity contribution < 1.29 is 9.21 Å². The van der Waals surface area contributed by atoms with Crippen molar-refractivity contribution in [2.45, 2.75) is 26.4 Å². The molecule has 2 aromatic rings. The molecule has 0 aliphatic rings. The van der Waals surface area contributed by atoms with Crippen LogP contribution in [-0.4, -0.2) is 17.9 Å². The molecule has 0 unspecified atom stereocenters. The Kier molecular flexibility index (Phi) is 5.27. The van der Waals surface area contributed by atoms with Gasteiger partial charge in [-0.1, -0.05) is 43.6 Å². The molecule has 5 heteroatoms. The molecule has 1 heterocycles. The molecule has 118 valence electrons. The van der Waals surface area contributed by atoms with Gasteiger partial charge in [0.2, 0.25) is 0 Å². The maximum absolute atomic E-state index is 12.7. The molecule has 0 spiro atoms. The molecule has 0 aliphatic heterocycles. The van der Waals surface area contributed by atoms with Crippen molar-refractivity contribution in [1.29, 1.82) is 0 Å². The zero-order chi connectivity index (χ0) is 16.3. The molecule has 1 amide bonds. The van der Waals surface area contributed by atoms with Crippen LogP contribution in [0.25, 0.3) is 0 Å². The van der Waals surface area contributed by atoms with Crippen LogP contribution in [0.2, 0.25) is 5.02 Å². The fraction of sp³-hybridized carbons (Fsp3) is 0.353. The zero-order valence-corrected chi connectivity index (χ0v) is 13.8. The first-order chi connectivity index (χ1) is 10.5. The van der Waals surface area contributed by atoms with Gasteiger partial charge in [0.15, 0.2) is 5.76 Å². The maximum Gasteiger partial charge on any atom is 0.289 e. The minimum absolute atomic E-state index is 0.132. The lowest BCUT2D eigenvalue weighted by atomic mass is 9.94. The molecule has 0 radical (unpaired) electrons. The Morgan fingerprint density at radius 2 is 1.95 bits per heavy atom. The Morgan fingerprint density at radius 1 is 1.27 bits per heavy atom. The fourth-order valence-electron chi connectivity index (χ4n) is 2.63. The van der Waals surface area contributed by atoms with Gasteiger partial charge in [0.05, 0.1) is 12.6 Å². The Bertz CT molecular complexity index is 652. The van der Waals surface area contributed by atoms with Gasteiger partial charge in [-0.25, -0.2) is 0 Å². The average Bonchev–Trinajstić information content (AvgIpc) is 2.97. The third kappa shape index (κ3) is 3.34. The van der Waals surface area contributed by atoms with E-state index in [1.54, 1.807) is 24.1 Å². The molecule has 22 heavy (non-hydrogen) atoms. The number of nitrogens with zero attached hydrogens (tertiary/aromatic N) is 1. The van der Waals surface area contributed by atoms with Gasteiger partial charge in [-0.3, -0.25) is 4.79 Å². The third-order valence-electron chi connectivity index (χ3n) is 3.67. The van der Waals surface area contributed by atoms with E-state index in [4.69, 9.17) is 21.8 Å². The summed E-state index contributed by atoms with van der Waals surface area (Å²) in [6.45, 7) is 4.39. The lowest BCUT2D eigenvalue weighted by Crippen LogP contribution is -2.34. The molecule has 4 nitrogen and oxygen atoms in total. The lowest BCUT2D eigenvalue weighted by molar-refractivity contribution is 0.0653. The van der Waals surface area contributed by atoms with Gasteiger partial charge in [-0.05, 0) is 29.7 Å². The normalized spacial score (nSPS) is 12.5. The first-order valence-electron chi connectivity index (χ1n) is 7.26. The molecule has 0 fully saturated rings. The van der Waals surface area contributed by atoms with Crippen LogP contribution in [0.4, 0.5) is 0 Å². The predicted octanol–water partition coefficient (Wildman–Crippen LogP) is 3.86. The van der Waals surface area contributed by atoms with Crippen molar-refractivity contribution in [3.05, 3.63) is 58.5 Å². The highest BCUT2D eigenvalue weighted by Gasteiger charge is 2.28. The van der Waals surface area contributed by atoms with E-state index in [0.29, 0.717) is 16.5 Å². The zero-order valence-electron chi connectivity index (χ0n) is 13.0. The quantitative estimate of drug-likeness (QED) is 0.910. The highest BCUT2D eigenvalue weighted by atomic mass is 35.5. The van der Waals surface area contributed by atoms with Crippen LogP contribution in [0.1, 0.15) is 41.8 Å². The van der Waals surface area contributed by atoms with Gasteiger partial charge >= 0.3 is 0 Å². The second-order valence-corrected chi connectivity index (χ2v) is 6.00. The van der Waals surface area contributed by atoms with Crippen molar-refractivity contribution in [2.75, 3.05) is 7.05 Å².